The number of hydrogen-bond donors (Lipinski definition) is 0. The molecule has 0 amide bonds. The summed E-state index contributed by atoms with van der Waals surface area (Å²) in [6.45, 7) is 20.0. The van der Waals surface area contributed by atoms with Crippen molar-refractivity contribution in [1.29, 1.82) is 0 Å². The van der Waals surface area contributed by atoms with Crippen LogP contribution < -0.4 is 0 Å². The summed E-state index contributed by atoms with van der Waals surface area (Å²) in [4.78, 5) is 11.6. The molecule has 2 unspecified atom stereocenters. The molecule has 0 fully saturated rings. The minimum absolute atomic E-state index is 0.00152. The Labute approximate surface area is 194 Å². The quantitative estimate of drug-likeness (QED) is 0.284. The van der Waals surface area contributed by atoms with Crippen LogP contribution in [-0.4, -0.2) is 18.0 Å². The standard InChI is InChI=1S/C22H29NO3.C6H12/c1-15(2)11-19(12-16(3)24)22-14-20(26-23-22)13-21(17(4)25-5)18-9-7-6-8-10-18;1-5-6(2,3)4/h6-10,14-15,19,21H,4,11-13H2,1-3,5H3;5H,1H2,2-4H3. The molecule has 0 bridgehead atoms. The lowest BCUT2D eigenvalue weighted by Crippen LogP contribution is -2.08. The second kappa shape index (κ2) is 13.0. The molecule has 2 aromatic rings. The molecule has 176 valence electrons. The average molecular weight is 440 g/mol. The van der Waals surface area contributed by atoms with Crippen LogP contribution in [0.4, 0.5) is 0 Å². The molecule has 0 N–H and O–H groups in total. The highest BCUT2D eigenvalue weighted by molar-refractivity contribution is 5.76. The van der Waals surface area contributed by atoms with Crippen molar-refractivity contribution in [2.75, 3.05) is 7.11 Å². The highest BCUT2D eigenvalue weighted by atomic mass is 16.5. The van der Waals surface area contributed by atoms with E-state index in [2.05, 4.69) is 65.1 Å². The number of nitrogens with zero attached hydrogens (tertiary/aromatic N) is 1. The monoisotopic (exact) mass is 439 g/mol. The van der Waals surface area contributed by atoms with E-state index >= 15 is 0 Å². The van der Waals surface area contributed by atoms with Gasteiger partial charge in [0, 0.05) is 30.7 Å². The molecule has 0 saturated heterocycles. The van der Waals surface area contributed by atoms with E-state index in [1.54, 1.807) is 14.0 Å². The maximum atomic E-state index is 11.6. The van der Waals surface area contributed by atoms with Gasteiger partial charge in [-0.2, -0.15) is 0 Å². The maximum absolute atomic E-state index is 11.6. The Hall–Kier alpha value is -2.62. The number of ether oxygens (including phenoxy) is 1. The number of methoxy groups -OCH3 is 1. The number of carbonyl (C=O) groups is 1. The van der Waals surface area contributed by atoms with Crippen molar-refractivity contribution >= 4 is 5.78 Å². The Morgan fingerprint density at radius 3 is 2.28 bits per heavy atom. The second-order valence-electron chi connectivity index (χ2n) is 9.86. The van der Waals surface area contributed by atoms with Gasteiger partial charge in [0.25, 0.3) is 0 Å². The third-order valence-corrected chi connectivity index (χ3v) is 5.16. The lowest BCUT2D eigenvalue weighted by atomic mass is 9.89. The summed E-state index contributed by atoms with van der Waals surface area (Å²) in [7, 11) is 1.63. The third kappa shape index (κ3) is 10.1. The predicted octanol–water partition coefficient (Wildman–Crippen LogP) is 7.49. The molecule has 0 saturated carbocycles. The molecule has 32 heavy (non-hydrogen) atoms. The fourth-order valence-electron chi connectivity index (χ4n) is 3.29. The highest BCUT2D eigenvalue weighted by Gasteiger charge is 2.23. The molecular formula is C28H41NO3. The summed E-state index contributed by atoms with van der Waals surface area (Å²) in [6, 6.07) is 12.1. The molecule has 0 aliphatic heterocycles. The minimum atomic E-state index is -0.00152. The van der Waals surface area contributed by atoms with E-state index in [1.807, 2.05) is 30.3 Å². The fraction of sp³-hybridized carbons (Fsp3) is 0.500. The first-order chi connectivity index (χ1) is 15.0. The first kappa shape index (κ1) is 27.4. The van der Waals surface area contributed by atoms with Crippen molar-refractivity contribution in [3.8, 4) is 0 Å². The molecule has 1 aromatic carbocycles. The van der Waals surface area contributed by atoms with Crippen molar-refractivity contribution in [3.63, 3.8) is 0 Å². The van der Waals surface area contributed by atoms with Gasteiger partial charge >= 0.3 is 0 Å². The molecular weight excluding hydrogens is 398 g/mol. The highest BCUT2D eigenvalue weighted by Crippen LogP contribution is 2.31. The van der Waals surface area contributed by atoms with Gasteiger partial charge < -0.3 is 14.1 Å². The van der Waals surface area contributed by atoms with Crippen LogP contribution in [0.3, 0.4) is 0 Å². The van der Waals surface area contributed by atoms with Crippen LogP contribution in [-0.2, 0) is 16.0 Å². The summed E-state index contributed by atoms with van der Waals surface area (Å²) in [5.74, 6) is 2.24. The Bertz CT molecular complexity index is 843. The van der Waals surface area contributed by atoms with Gasteiger partial charge in [-0.05, 0) is 30.2 Å². The molecule has 1 heterocycles. The summed E-state index contributed by atoms with van der Waals surface area (Å²) in [5.41, 5.74) is 2.29. The Balaban J connectivity index is 0.000000751. The molecule has 1 aromatic heterocycles. The lowest BCUT2D eigenvalue weighted by molar-refractivity contribution is -0.117. The van der Waals surface area contributed by atoms with Gasteiger partial charge in [-0.1, -0.05) is 82.8 Å². The van der Waals surface area contributed by atoms with E-state index in [-0.39, 0.29) is 17.6 Å². The van der Waals surface area contributed by atoms with Crippen molar-refractivity contribution < 1.29 is 14.1 Å². The fourth-order valence-corrected chi connectivity index (χ4v) is 3.29. The third-order valence-electron chi connectivity index (χ3n) is 5.16. The van der Waals surface area contributed by atoms with Crippen LogP contribution in [0, 0.1) is 11.3 Å². The van der Waals surface area contributed by atoms with E-state index in [4.69, 9.17) is 9.26 Å². The van der Waals surface area contributed by atoms with Gasteiger partial charge in [0.05, 0.1) is 18.6 Å². The maximum Gasteiger partial charge on any atom is 0.138 e. The SMILES string of the molecule is C=C(OC)C(Cc1cc(C(CC(C)=O)CC(C)C)no1)c1ccccc1.C=CC(C)(C)C. The normalized spacial score (nSPS) is 13.0. The lowest BCUT2D eigenvalue weighted by Gasteiger charge is -2.17. The second-order valence-corrected chi connectivity index (χ2v) is 9.86. The summed E-state index contributed by atoms with van der Waals surface area (Å²) in [6.07, 6.45) is 3.97. The number of hydrogen-bond acceptors (Lipinski definition) is 4. The number of Topliss-reactive ketones (excluding diaryl/α,β-unsaturated/α-hetero) is 1. The number of ketones is 1. The first-order valence-corrected chi connectivity index (χ1v) is 11.3. The van der Waals surface area contributed by atoms with Gasteiger partial charge in [-0.15, -0.1) is 6.58 Å². The van der Waals surface area contributed by atoms with Gasteiger partial charge in [-0.25, -0.2) is 0 Å². The van der Waals surface area contributed by atoms with Crippen LogP contribution in [0.2, 0.25) is 0 Å². The molecule has 2 atom stereocenters. The zero-order chi connectivity index (χ0) is 24.3. The number of carbonyl (C=O) groups excluding carboxylic acids is 1. The smallest absolute Gasteiger partial charge is 0.138 e. The first-order valence-electron chi connectivity index (χ1n) is 11.3. The van der Waals surface area contributed by atoms with E-state index in [0.717, 1.165) is 23.4 Å². The summed E-state index contributed by atoms with van der Waals surface area (Å²) >= 11 is 0. The number of allylic oxidation sites excluding steroid dienone is 2. The molecule has 0 aliphatic carbocycles. The van der Waals surface area contributed by atoms with E-state index in [9.17, 15) is 4.79 Å². The molecule has 0 aliphatic rings. The summed E-state index contributed by atoms with van der Waals surface area (Å²) < 4.78 is 11.0. The van der Waals surface area contributed by atoms with Crippen LogP contribution in [0.1, 0.15) is 83.2 Å². The van der Waals surface area contributed by atoms with Gasteiger partial charge in [-0.3, -0.25) is 0 Å². The average Bonchev–Trinajstić information content (AvgIpc) is 3.19. The number of benzene rings is 1. The Morgan fingerprint density at radius 1 is 1.22 bits per heavy atom. The molecule has 4 nitrogen and oxygen atoms in total. The Kier molecular flexibility index (Phi) is 11.2. The number of aromatic nitrogens is 1. The molecule has 2 rings (SSSR count). The topological polar surface area (TPSA) is 52.3 Å². The van der Waals surface area contributed by atoms with Crippen LogP contribution >= 0.6 is 0 Å². The van der Waals surface area contributed by atoms with E-state index < -0.39 is 0 Å². The van der Waals surface area contributed by atoms with Crippen molar-refractivity contribution in [3.05, 3.63) is 78.4 Å². The van der Waals surface area contributed by atoms with Crippen LogP contribution in [0.15, 0.2) is 65.9 Å². The van der Waals surface area contributed by atoms with Gasteiger partial charge in [0.1, 0.15) is 11.5 Å². The minimum Gasteiger partial charge on any atom is -0.501 e. The van der Waals surface area contributed by atoms with Crippen molar-refractivity contribution in [2.45, 2.75) is 72.6 Å². The van der Waals surface area contributed by atoms with Gasteiger partial charge in [0.15, 0.2) is 0 Å². The zero-order valence-corrected chi connectivity index (χ0v) is 21.0. The van der Waals surface area contributed by atoms with Crippen LogP contribution in [0.5, 0.6) is 0 Å². The predicted molar refractivity (Wildman–Crippen MR) is 133 cm³/mol. The Morgan fingerprint density at radius 2 is 1.81 bits per heavy atom. The van der Waals surface area contributed by atoms with E-state index in [1.165, 1.54) is 0 Å². The van der Waals surface area contributed by atoms with E-state index in [0.29, 0.717) is 29.9 Å². The molecule has 0 spiro atoms. The summed E-state index contributed by atoms with van der Waals surface area (Å²) in [5, 5.41) is 4.26. The molecule has 4 heteroatoms. The van der Waals surface area contributed by atoms with Gasteiger partial charge in [0.2, 0.25) is 0 Å². The molecule has 0 radical (unpaired) electrons. The van der Waals surface area contributed by atoms with Crippen LogP contribution in [0.25, 0.3) is 0 Å². The number of rotatable bonds is 10. The van der Waals surface area contributed by atoms with Crippen molar-refractivity contribution in [2.24, 2.45) is 11.3 Å². The zero-order valence-electron chi connectivity index (χ0n) is 21.0. The largest absolute Gasteiger partial charge is 0.501 e. The van der Waals surface area contributed by atoms with Crippen molar-refractivity contribution in [1.82, 2.24) is 5.16 Å².